The lowest BCUT2D eigenvalue weighted by Crippen LogP contribution is -2.49. The van der Waals surface area contributed by atoms with Crippen molar-refractivity contribution in [2.24, 2.45) is 0 Å². The minimum atomic E-state index is 0.540. The molecule has 16 heavy (non-hydrogen) atoms. The van der Waals surface area contributed by atoms with Crippen LogP contribution in [0.3, 0.4) is 0 Å². The van der Waals surface area contributed by atoms with Crippen LogP contribution < -0.4 is 5.32 Å². The molecule has 0 aliphatic carbocycles. The molecule has 2 unspecified atom stereocenters. The molecule has 3 heteroatoms. The van der Waals surface area contributed by atoms with Gasteiger partial charge in [0.1, 0.15) is 0 Å². The van der Waals surface area contributed by atoms with Crippen molar-refractivity contribution in [1.82, 2.24) is 10.2 Å². The van der Waals surface area contributed by atoms with Gasteiger partial charge in [-0.2, -0.15) is 0 Å². The number of methoxy groups -OCH3 is 1. The average molecular weight is 228 g/mol. The highest BCUT2D eigenvalue weighted by Crippen LogP contribution is 2.18. The van der Waals surface area contributed by atoms with Gasteiger partial charge in [-0.15, -0.1) is 0 Å². The Kier molecular flexibility index (Phi) is 7.01. The zero-order valence-corrected chi connectivity index (χ0v) is 11.2. The van der Waals surface area contributed by atoms with E-state index < -0.39 is 0 Å². The number of rotatable bonds is 6. The Hall–Kier alpha value is -0.120. The third kappa shape index (κ3) is 4.40. The maximum atomic E-state index is 5.36. The molecule has 1 N–H and O–H groups in total. The largest absolute Gasteiger partial charge is 0.383 e. The third-order valence-corrected chi connectivity index (χ3v) is 3.56. The van der Waals surface area contributed by atoms with Gasteiger partial charge in [-0.1, -0.05) is 19.8 Å². The topological polar surface area (TPSA) is 24.5 Å². The molecule has 3 nitrogen and oxygen atoms in total. The summed E-state index contributed by atoms with van der Waals surface area (Å²) in [5.41, 5.74) is 0. The smallest absolute Gasteiger partial charge is 0.0630 e. The summed E-state index contributed by atoms with van der Waals surface area (Å²) in [7, 11) is 1.81. The fraction of sp³-hybridized carbons (Fsp3) is 1.00. The van der Waals surface area contributed by atoms with E-state index in [1.807, 2.05) is 0 Å². The van der Waals surface area contributed by atoms with Gasteiger partial charge in [-0.05, 0) is 32.9 Å². The van der Waals surface area contributed by atoms with Gasteiger partial charge in [0.25, 0.3) is 0 Å². The van der Waals surface area contributed by atoms with E-state index in [1.165, 1.54) is 32.2 Å². The van der Waals surface area contributed by atoms with Crippen LogP contribution in [0.4, 0.5) is 0 Å². The van der Waals surface area contributed by atoms with Crippen LogP contribution in [0.1, 0.15) is 39.5 Å². The highest BCUT2D eigenvalue weighted by Gasteiger charge is 2.24. The second-order valence-corrected chi connectivity index (χ2v) is 4.85. The minimum Gasteiger partial charge on any atom is -0.383 e. The van der Waals surface area contributed by atoms with Crippen LogP contribution in [0.15, 0.2) is 0 Å². The summed E-state index contributed by atoms with van der Waals surface area (Å²) in [6.07, 6.45) is 5.46. The monoisotopic (exact) mass is 228 g/mol. The molecule has 0 saturated carbocycles. The highest BCUT2D eigenvalue weighted by atomic mass is 16.5. The fourth-order valence-electron chi connectivity index (χ4n) is 2.61. The molecule has 96 valence electrons. The summed E-state index contributed by atoms with van der Waals surface area (Å²) in [5.74, 6) is 0. The summed E-state index contributed by atoms with van der Waals surface area (Å²) in [6.45, 7) is 8.70. The summed E-state index contributed by atoms with van der Waals surface area (Å²) >= 11 is 0. The normalized spacial score (nSPS) is 25.3. The molecule has 1 fully saturated rings. The van der Waals surface area contributed by atoms with E-state index >= 15 is 0 Å². The molecule has 0 amide bonds. The van der Waals surface area contributed by atoms with Gasteiger partial charge < -0.3 is 10.1 Å². The van der Waals surface area contributed by atoms with E-state index in [9.17, 15) is 0 Å². The maximum Gasteiger partial charge on any atom is 0.0630 e. The van der Waals surface area contributed by atoms with Crippen LogP contribution in [0, 0.1) is 0 Å². The molecule has 0 aromatic rings. The summed E-state index contributed by atoms with van der Waals surface area (Å²) in [4.78, 5) is 2.64. The Bertz CT molecular complexity index is 175. The van der Waals surface area contributed by atoms with Gasteiger partial charge in [-0.25, -0.2) is 0 Å². The van der Waals surface area contributed by atoms with Crippen molar-refractivity contribution < 1.29 is 4.74 Å². The lowest BCUT2D eigenvalue weighted by atomic mass is 10.1. The van der Waals surface area contributed by atoms with E-state index in [0.717, 1.165) is 19.7 Å². The van der Waals surface area contributed by atoms with Gasteiger partial charge in [0.2, 0.25) is 0 Å². The van der Waals surface area contributed by atoms with Gasteiger partial charge in [-0.3, -0.25) is 4.90 Å². The molecular weight excluding hydrogens is 200 g/mol. The number of hydrogen-bond donors (Lipinski definition) is 1. The van der Waals surface area contributed by atoms with E-state index in [1.54, 1.807) is 7.11 Å². The molecule has 2 atom stereocenters. The van der Waals surface area contributed by atoms with E-state index in [4.69, 9.17) is 4.74 Å². The number of hydrogen-bond acceptors (Lipinski definition) is 3. The summed E-state index contributed by atoms with van der Waals surface area (Å²) in [5, 5.41) is 3.45. The molecule has 1 aliphatic rings. The van der Waals surface area contributed by atoms with Crippen molar-refractivity contribution in [3.8, 4) is 0 Å². The summed E-state index contributed by atoms with van der Waals surface area (Å²) < 4.78 is 5.36. The van der Waals surface area contributed by atoms with Crippen LogP contribution in [0.5, 0.6) is 0 Å². The predicted molar refractivity (Wildman–Crippen MR) is 68.8 cm³/mol. The molecule has 1 rings (SSSR count). The second kappa shape index (κ2) is 8.04. The van der Waals surface area contributed by atoms with Crippen LogP contribution in [-0.4, -0.2) is 50.3 Å². The van der Waals surface area contributed by atoms with Crippen molar-refractivity contribution >= 4 is 0 Å². The van der Waals surface area contributed by atoms with Gasteiger partial charge >= 0.3 is 0 Å². The number of nitrogens with zero attached hydrogens (tertiary/aromatic N) is 1. The average Bonchev–Trinajstić information content (AvgIpc) is 2.49. The Morgan fingerprint density at radius 1 is 1.38 bits per heavy atom. The number of ether oxygens (including phenoxy) is 1. The molecule has 1 heterocycles. The van der Waals surface area contributed by atoms with Gasteiger partial charge in [0.05, 0.1) is 6.61 Å². The SMILES string of the molecule is CCNCC(COC)N1CCCCCC1C. The molecule has 0 spiro atoms. The molecule has 0 bridgehead atoms. The first-order valence-corrected chi connectivity index (χ1v) is 6.75. The van der Waals surface area contributed by atoms with Crippen molar-refractivity contribution in [2.45, 2.75) is 51.6 Å². The molecule has 0 aromatic heterocycles. The molecule has 0 radical (unpaired) electrons. The van der Waals surface area contributed by atoms with E-state index in [0.29, 0.717) is 12.1 Å². The lowest BCUT2D eigenvalue weighted by Gasteiger charge is -2.35. The van der Waals surface area contributed by atoms with Crippen LogP contribution in [0.25, 0.3) is 0 Å². The number of nitrogens with one attached hydrogen (secondary N) is 1. The quantitative estimate of drug-likeness (QED) is 0.751. The first-order valence-electron chi connectivity index (χ1n) is 6.75. The fourth-order valence-corrected chi connectivity index (χ4v) is 2.61. The first kappa shape index (κ1) is 13.9. The maximum absolute atomic E-state index is 5.36. The molecular formula is C13H28N2O. The Morgan fingerprint density at radius 2 is 2.19 bits per heavy atom. The minimum absolute atomic E-state index is 0.540. The zero-order valence-electron chi connectivity index (χ0n) is 11.2. The molecule has 1 saturated heterocycles. The van der Waals surface area contributed by atoms with E-state index in [-0.39, 0.29) is 0 Å². The third-order valence-electron chi connectivity index (χ3n) is 3.56. The number of likely N-dealkylation sites (tertiary alicyclic amines) is 1. The molecule has 0 aromatic carbocycles. The van der Waals surface area contributed by atoms with Crippen LogP contribution >= 0.6 is 0 Å². The Labute approximate surface area is 101 Å². The van der Waals surface area contributed by atoms with Crippen molar-refractivity contribution in [3.05, 3.63) is 0 Å². The predicted octanol–water partition coefficient (Wildman–Crippen LogP) is 1.88. The van der Waals surface area contributed by atoms with Crippen molar-refractivity contribution in [1.29, 1.82) is 0 Å². The van der Waals surface area contributed by atoms with E-state index in [2.05, 4.69) is 24.1 Å². The Balaban J connectivity index is 2.51. The van der Waals surface area contributed by atoms with Gasteiger partial charge in [0.15, 0.2) is 0 Å². The second-order valence-electron chi connectivity index (χ2n) is 4.85. The molecule has 1 aliphatic heterocycles. The van der Waals surface area contributed by atoms with Crippen LogP contribution in [0.2, 0.25) is 0 Å². The van der Waals surface area contributed by atoms with Crippen molar-refractivity contribution in [3.63, 3.8) is 0 Å². The first-order chi connectivity index (χ1) is 7.79. The number of likely N-dealkylation sites (N-methyl/N-ethyl adjacent to an activating group) is 1. The van der Waals surface area contributed by atoms with Crippen molar-refractivity contribution in [2.75, 3.05) is 33.4 Å². The highest BCUT2D eigenvalue weighted by molar-refractivity contribution is 4.80. The van der Waals surface area contributed by atoms with Crippen LogP contribution in [-0.2, 0) is 4.74 Å². The Morgan fingerprint density at radius 3 is 2.88 bits per heavy atom. The standard InChI is InChI=1S/C13H28N2O/c1-4-14-10-13(11-16-3)15-9-7-5-6-8-12(15)2/h12-14H,4-11H2,1-3H3. The van der Waals surface area contributed by atoms with Gasteiger partial charge in [0, 0.05) is 25.7 Å². The lowest BCUT2D eigenvalue weighted by molar-refractivity contribution is 0.0669. The summed E-state index contributed by atoms with van der Waals surface area (Å²) in [6, 6.07) is 1.25. The zero-order chi connectivity index (χ0) is 11.8.